The predicted octanol–water partition coefficient (Wildman–Crippen LogP) is 1.89. The van der Waals surface area contributed by atoms with Gasteiger partial charge >= 0.3 is 7.12 Å². The van der Waals surface area contributed by atoms with Crippen LogP contribution in [0, 0.1) is 0 Å². The van der Waals surface area contributed by atoms with Gasteiger partial charge < -0.3 is 14.0 Å². The van der Waals surface area contributed by atoms with Crippen molar-refractivity contribution in [2.24, 2.45) is 0 Å². The molecule has 118 valence electrons. The molecular weight excluding hydrogens is 279 g/mol. The summed E-state index contributed by atoms with van der Waals surface area (Å²) in [6.07, 6.45) is 1.56. The summed E-state index contributed by atoms with van der Waals surface area (Å²) in [5, 5.41) is 0. The Balaban J connectivity index is 1.78. The third-order valence-corrected chi connectivity index (χ3v) is 5.01. The quantitative estimate of drug-likeness (QED) is 0.729. The van der Waals surface area contributed by atoms with E-state index in [2.05, 4.69) is 0 Å². The molecule has 0 amide bonds. The van der Waals surface area contributed by atoms with Crippen LogP contribution >= 0.6 is 0 Å². The van der Waals surface area contributed by atoms with Crippen molar-refractivity contribution >= 4 is 7.12 Å². The molecule has 0 radical (unpaired) electrons. The number of ether oxygens (including phenoxy) is 1. The maximum atomic E-state index is 14.5. The Morgan fingerprint density at radius 1 is 1.14 bits per heavy atom. The van der Waals surface area contributed by atoms with E-state index >= 15 is 0 Å². The first-order valence-electron chi connectivity index (χ1n) is 7.38. The van der Waals surface area contributed by atoms with Crippen molar-refractivity contribution in [2.45, 2.75) is 50.9 Å². The summed E-state index contributed by atoms with van der Waals surface area (Å²) in [4.78, 5) is 1.76. The van der Waals surface area contributed by atoms with Crippen LogP contribution in [0.5, 0.6) is 0 Å². The molecule has 2 saturated heterocycles. The van der Waals surface area contributed by atoms with E-state index in [9.17, 15) is 8.78 Å². The van der Waals surface area contributed by atoms with Crippen LogP contribution in [0.3, 0.4) is 0 Å². The topological polar surface area (TPSA) is 30.9 Å². The fourth-order valence-electron chi connectivity index (χ4n) is 2.73. The highest BCUT2D eigenvalue weighted by Gasteiger charge is 2.58. The van der Waals surface area contributed by atoms with E-state index in [-0.39, 0.29) is 18.1 Å². The second kappa shape index (κ2) is 4.75. The molecule has 0 spiro atoms. The van der Waals surface area contributed by atoms with Gasteiger partial charge in [-0.2, -0.15) is 0 Å². The molecule has 0 aliphatic carbocycles. The van der Waals surface area contributed by atoms with Gasteiger partial charge in [-0.25, -0.2) is 8.78 Å². The lowest BCUT2D eigenvalue weighted by Gasteiger charge is -2.41. The molecule has 2 fully saturated rings. The SMILES string of the molecule is CC1(C)OB(C2=CCN(C3COC3)CC2(F)F)OC1(C)C. The van der Waals surface area contributed by atoms with Gasteiger partial charge in [0, 0.05) is 12.0 Å². The first-order valence-corrected chi connectivity index (χ1v) is 7.38. The average Bonchev–Trinajstić information content (AvgIpc) is 2.43. The molecule has 3 rings (SSSR count). The van der Waals surface area contributed by atoms with Gasteiger partial charge in [0.05, 0.1) is 37.0 Å². The lowest BCUT2D eigenvalue weighted by atomic mass is 9.72. The molecular formula is C14H22BF2NO3. The number of halogens is 2. The van der Waals surface area contributed by atoms with Gasteiger partial charge in [0.2, 0.25) is 0 Å². The highest BCUT2D eigenvalue weighted by molar-refractivity contribution is 6.55. The molecule has 0 atom stereocenters. The second-order valence-electron chi connectivity index (χ2n) is 7.07. The van der Waals surface area contributed by atoms with Gasteiger partial charge in [-0.15, -0.1) is 0 Å². The maximum absolute atomic E-state index is 14.5. The third-order valence-electron chi connectivity index (χ3n) is 5.01. The average molecular weight is 301 g/mol. The van der Waals surface area contributed by atoms with Crippen molar-refractivity contribution in [3.8, 4) is 0 Å². The summed E-state index contributed by atoms with van der Waals surface area (Å²) in [6, 6.07) is 0.104. The first kappa shape index (κ1) is 15.4. The zero-order valence-corrected chi connectivity index (χ0v) is 13.0. The Hall–Kier alpha value is -0.495. The molecule has 3 aliphatic heterocycles. The fraction of sp³-hybridized carbons (Fsp3) is 0.857. The van der Waals surface area contributed by atoms with E-state index < -0.39 is 24.2 Å². The van der Waals surface area contributed by atoms with Crippen molar-refractivity contribution in [3.05, 3.63) is 11.5 Å². The molecule has 21 heavy (non-hydrogen) atoms. The monoisotopic (exact) mass is 301 g/mol. The van der Waals surface area contributed by atoms with Gasteiger partial charge in [-0.1, -0.05) is 6.08 Å². The van der Waals surface area contributed by atoms with Crippen LogP contribution in [0.15, 0.2) is 11.5 Å². The molecule has 0 aromatic rings. The highest BCUT2D eigenvalue weighted by atomic mass is 19.3. The lowest BCUT2D eigenvalue weighted by molar-refractivity contribution is -0.0947. The van der Waals surface area contributed by atoms with Crippen LogP contribution in [0.1, 0.15) is 27.7 Å². The summed E-state index contributed by atoms with van der Waals surface area (Å²) in [6.45, 7) is 8.74. The first-order chi connectivity index (χ1) is 9.62. The summed E-state index contributed by atoms with van der Waals surface area (Å²) in [5.74, 6) is -2.94. The minimum Gasteiger partial charge on any atom is -0.399 e. The number of hydrogen-bond acceptors (Lipinski definition) is 4. The molecule has 4 nitrogen and oxygen atoms in total. The van der Waals surface area contributed by atoms with Gasteiger partial charge in [0.1, 0.15) is 0 Å². The maximum Gasteiger partial charge on any atom is 0.496 e. The molecule has 3 heterocycles. The van der Waals surface area contributed by atoms with Crippen LogP contribution in [-0.2, 0) is 14.0 Å². The Labute approximate surface area is 124 Å². The largest absolute Gasteiger partial charge is 0.496 e. The molecule has 0 aromatic heterocycles. The zero-order chi connectivity index (χ0) is 15.5. The molecule has 0 aromatic carbocycles. The zero-order valence-electron chi connectivity index (χ0n) is 13.0. The summed E-state index contributed by atoms with van der Waals surface area (Å²) in [7, 11) is -0.968. The van der Waals surface area contributed by atoms with Crippen LogP contribution in [0.4, 0.5) is 8.78 Å². The van der Waals surface area contributed by atoms with Crippen LogP contribution in [0.2, 0.25) is 0 Å². The van der Waals surface area contributed by atoms with Gasteiger partial charge in [0.25, 0.3) is 5.92 Å². The number of rotatable bonds is 2. The van der Waals surface area contributed by atoms with E-state index in [1.54, 1.807) is 11.0 Å². The van der Waals surface area contributed by atoms with Crippen molar-refractivity contribution in [3.63, 3.8) is 0 Å². The number of alkyl halides is 2. The van der Waals surface area contributed by atoms with Crippen LogP contribution in [0.25, 0.3) is 0 Å². The molecule has 0 N–H and O–H groups in total. The summed E-state index contributed by atoms with van der Waals surface area (Å²) < 4.78 is 45.6. The fourth-order valence-corrected chi connectivity index (χ4v) is 2.73. The Morgan fingerprint density at radius 2 is 1.71 bits per heavy atom. The second-order valence-corrected chi connectivity index (χ2v) is 7.07. The predicted molar refractivity (Wildman–Crippen MR) is 75.3 cm³/mol. The third kappa shape index (κ3) is 2.54. The molecule has 3 aliphatic rings. The van der Waals surface area contributed by atoms with Crippen LogP contribution in [-0.4, -0.2) is 61.5 Å². The van der Waals surface area contributed by atoms with E-state index in [0.717, 1.165) is 0 Å². The van der Waals surface area contributed by atoms with Crippen molar-refractivity contribution in [1.29, 1.82) is 0 Å². The Bertz CT molecular complexity index is 447. The standard InChI is InChI=1S/C14H22BF2NO3/c1-12(2)13(3,4)21-15(20-12)11-5-6-18(9-14(11,16)17)10-7-19-8-10/h5,10H,6-9H2,1-4H3. The minimum absolute atomic E-state index is 0.0439. The Morgan fingerprint density at radius 3 is 2.14 bits per heavy atom. The van der Waals surface area contributed by atoms with E-state index in [1.165, 1.54) is 0 Å². The molecule has 0 bridgehead atoms. The molecule has 0 saturated carbocycles. The van der Waals surface area contributed by atoms with Crippen molar-refractivity contribution < 1.29 is 22.8 Å². The van der Waals surface area contributed by atoms with Crippen LogP contribution < -0.4 is 0 Å². The summed E-state index contributed by atoms with van der Waals surface area (Å²) in [5.41, 5.74) is -1.25. The van der Waals surface area contributed by atoms with E-state index in [4.69, 9.17) is 14.0 Å². The number of hydrogen-bond donors (Lipinski definition) is 0. The normalized spacial score (nSPS) is 31.9. The van der Waals surface area contributed by atoms with Crippen molar-refractivity contribution in [2.75, 3.05) is 26.3 Å². The number of nitrogens with zero attached hydrogens (tertiary/aromatic N) is 1. The smallest absolute Gasteiger partial charge is 0.399 e. The summed E-state index contributed by atoms with van der Waals surface area (Å²) >= 11 is 0. The van der Waals surface area contributed by atoms with Gasteiger partial charge in [-0.3, -0.25) is 4.90 Å². The van der Waals surface area contributed by atoms with E-state index in [0.29, 0.717) is 19.8 Å². The molecule has 0 unspecified atom stereocenters. The highest BCUT2D eigenvalue weighted by Crippen LogP contribution is 2.43. The Kier molecular flexibility index (Phi) is 3.48. The minimum atomic E-state index is -2.94. The van der Waals surface area contributed by atoms with Gasteiger partial charge in [-0.05, 0) is 27.7 Å². The molecule has 7 heteroatoms. The lowest BCUT2D eigenvalue weighted by Crippen LogP contribution is -2.56. The van der Waals surface area contributed by atoms with Gasteiger partial charge in [0.15, 0.2) is 0 Å². The van der Waals surface area contributed by atoms with Crippen molar-refractivity contribution in [1.82, 2.24) is 4.90 Å². The van der Waals surface area contributed by atoms with E-state index in [1.807, 2.05) is 27.7 Å².